The molecule has 7 nitrogen and oxygen atoms in total. The Kier molecular flexibility index (Phi) is 32.1. The first kappa shape index (κ1) is 31.7. The van der Waals surface area contributed by atoms with Crippen molar-refractivity contribution in [3.05, 3.63) is 0 Å². The van der Waals surface area contributed by atoms with Crippen LogP contribution >= 0.6 is 12.6 Å². The van der Waals surface area contributed by atoms with Gasteiger partial charge < -0.3 is 25.8 Å². The van der Waals surface area contributed by atoms with Crippen LogP contribution in [0.25, 0.3) is 0 Å². The molecule has 4 N–H and O–H groups in total. The maximum Gasteiger partial charge on any atom is 0.408 e. The summed E-state index contributed by atoms with van der Waals surface area (Å²) in [5, 5.41) is 16.8. The molecule has 0 saturated carbocycles. The van der Waals surface area contributed by atoms with Crippen LogP contribution in [-0.4, -0.2) is 55.8 Å². The Balaban J connectivity index is -0.000000150. The molecule has 0 aromatic heterocycles. The van der Waals surface area contributed by atoms with Gasteiger partial charge in [-0.05, 0) is 46.9 Å². The van der Waals surface area contributed by atoms with Gasteiger partial charge in [-0.25, -0.2) is 4.79 Å². The third-order valence-corrected chi connectivity index (χ3v) is 2.38. The number of ether oxygens (including phenoxy) is 1. The molecule has 0 bridgehead atoms. The lowest BCUT2D eigenvalue weighted by atomic mass is 10.0. The van der Waals surface area contributed by atoms with Crippen molar-refractivity contribution >= 4 is 24.6 Å². The number of carbonyl (C=O) groups is 2. The number of hydrogen-bond donors (Lipinski definition) is 5. The number of amides is 2. The standard InChI is InChI=1S/C9H19NO2.C5H12N2O2.C2H6.CH4S/c1-4-5-8(12)10-9(2,3)6-7-11;1-3-9-5(8)7-4-6-2;2*1-2/h11H,4-7H2,1-3H3,(H,10,12);6H,3-4H2,1-2H3,(H,7,8);1-2H3;2H,1H3. The first-order valence-electron chi connectivity index (χ1n) is 8.74. The Morgan fingerprint density at radius 1 is 1.16 bits per heavy atom. The Labute approximate surface area is 160 Å². The SMILES string of the molecule is CC.CCCC(=O)NC(C)(C)CCO.CCOC(=O)NCNC.CS. The smallest absolute Gasteiger partial charge is 0.408 e. The lowest BCUT2D eigenvalue weighted by Crippen LogP contribution is -2.43. The second kappa shape index (κ2) is 25.3. The molecule has 0 atom stereocenters. The minimum absolute atomic E-state index is 0.0657. The summed E-state index contributed by atoms with van der Waals surface area (Å²) in [6.45, 7) is 12.5. The molecule has 0 heterocycles. The van der Waals surface area contributed by atoms with E-state index in [1.807, 2.05) is 34.6 Å². The van der Waals surface area contributed by atoms with Gasteiger partial charge in [-0.3, -0.25) is 4.79 Å². The van der Waals surface area contributed by atoms with E-state index in [1.165, 1.54) is 0 Å². The predicted molar refractivity (Wildman–Crippen MR) is 109 cm³/mol. The van der Waals surface area contributed by atoms with Crippen LogP contribution in [0.4, 0.5) is 4.79 Å². The molecule has 8 heteroatoms. The molecular formula is C17H41N3O4S. The summed E-state index contributed by atoms with van der Waals surface area (Å²) in [7, 11) is 1.74. The number of aliphatic hydroxyl groups excluding tert-OH is 1. The van der Waals surface area contributed by atoms with Crippen molar-refractivity contribution in [1.82, 2.24) is 16.0 Å². The van der Waals surface area contributed by atoms with Gasteiger partial charge in [-0.1, -0.05) is 20.8 Å². The number of aliphatic hydroxyl groups is 1. The molecule has 2 amide bonds. The van der Waals surface area contributed by atoms with Gasteiger partial charge in [0.15, 0.2) is 0 Å². The van der Waals surface area contributed by atoms with Crippen molar-refractivity contribution in [1.29, 1.82) is 0 Å². The summed E-state index contributed by atoms with van der Waals surface area (Å²) < 4.78 is 4.55. The molecule has 0 unspecified atom stereocenters. The number of alkyl carbamates (subject to hydrolysis) is 1. The summed E-state index contributed by atoms with van der Waals surface area (Å²) in [6.07, 6.45) is 3.34. The third kappa shape index (κ3) is 31.3. The summed E-state index contributed by atoms with van der Waals surface area (Å²) in [6, 6.07) is 0. The summed E-state index contributed by atoms with van der Waals surface area (Å²) in [5.41, 5.74) is -0.277. The van der Waals surface area contributed by atoms with Crippen LogP contribution in [0.3, 0.4) is 0 Å². The Hall–Kier alpha value is -0.990. The van der Waals surface area contributed by atoms with E-state index in [9.17, 15) is 9.59 Å². The largest absolute Gasteiger partial charge is 0.450 e. The van der Waals surface area contributed by atoms with Crippen LogP contribution in [0.1, 0.15) is 60.8 Å². The minimum atomic E-state index is -0.383. The average molecular weight is 384 g/mol. The normalized spacial score (nSPS) is 9.04. The van der Waals surface area contributed by atoms with Crippen LogP contribution < -0.4 is 16.0 Å². The van der Waals surface area contributed by atoms with Gasteiger partial charge in [0.25, 0.3) is 0 Å². The predicted octanol–water partition coefficient (Wildman–Crippen LogP) is 2.55. The third-order valence-electron chi connectivity index (χ3n) is 2.38. The topological polar surface area (TPSA) is 99.7 Å². The highest BCUT2D eigenvalue weighted by Crippen LogP contribution is 2.07. The molecule has 0 radical (unpaired) electrons. The highest BCUT2D eigenvalue weighted by atomic mass is 32.1. The summed E-state index contributed by atoms with van der Waals surface area (Å²) in [4.78, 5) is 21.6. The van der Waals surface area contributed by atoms with Crippen molar-refractivity contribution in [3.63, 3.8) is 0 Å². The van der Waals surface area contributed by atoms with Crippen molar-refractivity contribution < 1.29 is 19.4 Å². The van der Waals surface area contributed by atoms with Crippen LogP contribution in [0.5, 0.6) is 0 Å². The fourth-order valence-electron chi connectivity index (χ4n) is 1.35. The molecule has 0 aromatic carbocycles. The zero-order chi connectivity index (χ0) is 20.7. The molecule has 0 rings (SSSR count). The van der Waals surface area contributed by atoms with E-state index in [0.29, 0.717) is 26.1 Å². The first-order valence-corrected chi connectivity index (χ1v) is 9.64. The Morgan fingerprint density at radius 3 is 2.04 bits per heavy atom. The van der Waals surface area contributed by atoms with Gasteiger partial charge in [-0.2, -0.15) is 12.6 Å². The second-order valence-electron chi connectivity index (χ2n) is 5.08. The van der Waals surface area contributed by atoms with Crippen molar-refractivity contribution in [2.75, 3.05) is 33.2 Å². The van der Waals surface area contributed by atoms with Crippen molar-refractivity contribution in [3.8, 4) is 0 Å². The maximum atomic E-state index is 11.1. The molecule has 0 aliphatic heterocycles. The molecule has 0 spiro atoms. The average Bonchev–Trinajstić information content (AvgIpc) is 2.57. The van der Waals surface area contributed by atoms with Gasteiger partial charge in [0.1, 0.15) is 0 Å². The number of nitrogens with one attached hydrogen (secondary N) is 3. The van der Waals surface area contributed by atoms with Crippen LogP contribution in [-0.2, 0) is 9.53 Å². The number of rotatable bonds is 8. The van der Waals surface area contributed by atoms with Crippen molar-refractivity contribution in [2.45, 2.75) is 66.3 Å². The lowest BCUT2D eigenvalue weighted by molar-refractivity contribution is -0.122. The highest BCUT2D eigenvalue weighted by molar-refractivity contribution is 7.79. The highest BCUT2D eigenvalue weighted by Gasteiger charge is 2.18. The van der Waals surface area contributed by atoms with Crippen LogP contribution in [0, 0.1) is 0 Å². The van der Waals surface area contributed by atoms with E-state index in [1.54, 1.807) is 20.2 Å². The van der Waals surface area contributed by atoms with Gasteiger partial charge in [0.2, 0.25) is 5.91 Å². The van der Waals surface area contributed by atoms with E-state index in [0.717, 1.165) is 6.42 Å². The van der Waals surface area contributed by atoms with E-state index < -0.39 is 0 Å². The van der Waals surface area contributed by atoms with E-state index in [2.05, 4.69) is 33.3 Å². The second-order valence-corrected chi connectivity index (χ2v) is 5.08. The molecule has 0 aliphatic carbocycles. The fraction of sp³-hybridized carbons (Fsp3) is 0.882. The fourth-order valence-corrected chi connectivity index (χ4v) is 1.35. The number of thiol groups is 1. The molecule has 0 saturated heterocycles. The zero-order valence-corrected chi connectivity index (χ0v) is 18.3. The van der Waals surface area contributed by atoms with E-state index >= 15 is 0 Å². The molecule has 0 aromatic rings. The van der Waals surface area contributed by atoms with Gasteiger partial charge in [-0.15, -0.1) is 0 Å². The maximum absolute atomic E-state index is 11.1. The first-order chi connectivity index (χ1) is 11.8. The van der Waals surface area contributed by atoms with Gasteiger partial charge >= 0.3 is 6.09 Å². The van der Waals surface area contributed by atoms with Gasteiger partial charge in [0, 0.05) is 18.6 Å². The van der Waals surface area contributed by atoms with Gasteiger partial charge in [0.05, 0.1) is 13.3 Å². The van der Waals surface area contributed by atoms with Crippen LogP contribution in [0.15, 0.2) is 0 Å². The molecule has 25 heavy (non-hydrogen) atoms. The monoisotopic (exact) mass is 383 g/mol. The molecule has 0 fully saturated rings. The molecule has 154 valence electrons. The summed E-state index contributed by atoms with van der Waals surface area (Å²) in [5.74, 6) is 0.0657. The lowest BCUT2D eigenvalue weighted by Gasteiger charge is -2.25. The molecular weight excluding hydrogens is 342 g/mol. The molecule has 0 aliphatic rings. The van der Waals surface area contributed by atoms with E-state index in [4.69, 9.17) is 5.11 Å². The Bertz CT molecular complexity index is 291. The number of hydrogen-bond acceptors (Lipinski definition) is 6. The Morgan fingerprint density at radius 2 is 1.68 bits per heavy atom. The zero-order valence-electron chi connectivity index (χ0n) is 17.4. The summed E-state index contributed by atoms with van der Waals surface area (Å²) >= 11 is 3.53. The van der Waals surface area contributed by atoms with Crippen LogP contribution in [0.2, 0.25) is 0 Å². The van der Waals surface area contributed by atoms with Crippen molar-refractivity contribution in [2.24, 2.45) is 0 Å². The quantitative estimate of drug-likeness (QED) is 0.328. The minimum Gasteiger partial charge on any atom is -0.450 e. The number of carbonyl (C=O) groups excluding carboxylic acids is 2. The van der Waals surface area contributed by atoms with E-state index in [-0.39, 0.29) is 24.1 Å².